The third-order valence-corrected chi connectivity index (χ3v) is 5.22. The van der Waals surface area contributed by atoms with Crippen molar-refractivity contribution < 1.29 is 49.2 Å². The zero-order valence-electron chi connectivity index (χ0n) is 17.0. The average molecular weight is 494 g/mol. The Morgan fingerprint density at radius 3 is 1.91 bits per heavy atom. The number of rotatable bonds is 10. The summed E-state index contributed by atoms with van der Waals surface area (Å²) in [5.74, 6) is -0.237. The number of aromatic hydroxyl groups is 3. The number of nitrogens with zero attached hydrogens (tertiary/aromatic N) is 1. The Balaban J connectivity index is 0.000000320. The standard InChI is InChI=1S/2C9H14NO5P/c11-9-3-1-8(2-4-9)5-6-10(12)7-16(13,14)15;11-8-2-1-7(5-9(8)12)3-4-10-6-16(13,14)15/h1-4,11-12H,5-7H2,(H2,13,14,15);1-2,5,10-12H,3-4,6H2,(H2,13,14,15). The van der Waals surface area contributed by atoms with Crippen LogP contribution in [0, 0.1) is 0 Å². The summed E-state index contributed by atoms with van der Waals surface area (Å²) in [6, 6.07) is 10.8. The van der Waals surface area contributed by atoms with Crippen LogP contribution >= 0.6 is 15.2 Å². The maximum Gasteiger partial charge on any atom is 0.341 e. The highest BCUT2D eigenvalue weighted by Gasteiger charge is 2.17. The van der Waals surface area contributed by atoms with E-state index < -0.39 is 21.5 Å². The smallest absolute Gasteiger partial charge is 0.341 e. The highest BCUT2D eigenvalue weighted by Crippen LogP contribution is 2.34. The van der Waals surface area contributed by atoms with Crippen molar-refractivity contribution in [3.63, 3.8) is 0 Å². The maximum absolute atomic E-state index is 10.6. The minimum atomic E-state index is -4.22. The highest BCUT2D eigenvalue weighted by atomic mass is 31.2. The number of hydrogen-bond acceptors (Lipinski definition) is 8. The second kappa shape index (κ2) is 12.9. The maximum atomic E-state index is 10.6. The molecule has 0 saturated heterocycles. The fourth-order valence-corrected chi connectivity index (χ4v) is 3.40. The molecule has 0 saturated carbocycles. The minimum absolute atomic E-state index is 0.121. The van der Waals surface area contributed by atoms with Crippen molar-refractivity contribution in [2.75, 3.05) is 25.7 Å². The number of hydroxylamine groups is 2. The van der Waals surface area contributed by atoms with Gasteiger partial charge in [-0.25, -0.2) is 0 Å². The predicted molar refractivity (Wildman–Crippen MR) is 116 cm³/mol. The lowest BCUT2D eigenvalue weighted by molar-refractivity contribution is -0.0760. The summed E-state index contributed by atoms with van der Waals surface area (Å²) in [5, 5.41) is 39.7. The molecule has 14 heteroatoms. The van der Waals surface area contributed by atoms with Crippen molar-refractivity contribution in [2.24, 2.45) is 0 Å². The van der Waals surface area contributed by atoms with Crippen LogP contribution in [0.15, 0.2) is 42.5 Å². The van der Waals surface area contributed by atoms with Crippen molar-refractivity contribution in [1.82, 2.24) is 10.4 Å². The monoisotopic (exact) mass is 494 g/mol. The number of nitrogens with one attached hydrogen (secondary N) is 1. The lowest BCUT2D eigenvalue weighted by Gasteiger charge is -2.15. The van der Waals surface area contributed by atoms with Gasteiger partial charge in [0.25, 0.3) is 0 Å². The summed E-state index contributed by atoms with van der Waals surface area (Å²) in [6.07, 6.45) is -0.0905. The summed E-state index contributed by atoms with van der Waals surface area (Å²) in [6.45, 7) is 0.505. The number of benzene rings is 2. The molecule has 0 aliphatic carbocycles. The van der Waals surface area contributed by atoms with Crippen LogP contribution in [-0.4, -0.2) is 70.8 Å². The second-order valence-electron chi connectivity index (χ2n) is 6.85. The summed E-state index contributed by atoms with van der Waals surface area (Å²) in [7, 11) is -8.22. The first kappa shape index (κ1) is 28.1. The van der Waals surface area contributed by atoms with Gasteiger partial charge in [0, 0.05) is 6.54 Å². The first-order valence-corrected chi connectivity index (χ1v) is 12.9. The van der Waals surface area contributed by atoms with E-state index in [1.54, 1.807) is 18.2 Å². The molecular formula is C18H28N2O10P2. The molecule has 0 fully saturated rings. The minimum Gasteiger partial charge on any atom is -0.508 e. The largest absolute Gasteiger partial charge is 0.508 e. The van der Waals surface area contributed by atoms with Crippen molar-refractivity contribution in [1.29, 1.82) is 0 Å². The van der Waals surface area contributed by atoms with Gasteiger partial charge in [0.15, 0.2) is 11.5 Å². The fraction of sp³-hybridized carbons (Fsp3) is 0.333. The van der Waals surface area contributed by atoms with E-state index >= 15 is 0 Å². The van der Waals surface area contributed by atoms with Gasteiger partial charge in [0.2, 0.25) is 0 Å². The van der Waals surface area contributed by atoms with Crippen LogP contribution in [0.25, 0.3) is 0 Å². The van der Waals surface area contributed by atoms with Gasteiger partial charge in [-0.05, 0) is 54.8 Å². The lowest BCUT2D eigenvalue weighted by Crippen LogP contribution is -2.23. The topological polar surface area (TPSA) is 211 Å². The van der Waals surface area contributed by atoms with E-state index in [2.05, 4.69) is 5.32 Å². The Hall–Kier alpha value is -1.98. The van der Waals surface area contributed by atoms with Gasteiger partial charge < -0.3 is 45.4 Å². The fourth-order valence-electron chi connectivity index (χ4n) is 2.39. The van der Waals surface area contributed by atoms with Crippen molar-refractivity contribution in [3.05, 3.63) is 53.6 Å². The Morgan fingerprint density at radius 2 is 1.38 bits per heavy atom. The quantitative estimate of drug-likeness (QED) is 0.0984. The van der Waals surface area contributed by atoms with E-state index in [1.807, 2.05) is 0 Å². The predicted octanol–water partition coefficient (Wildman–Crippen LogP) is 1.13. The van der Waals surface area contributed by atoms with Gasteiger partial charge in [-0.2, -0.15) is 5.06 Å². The Labute approximate surface area is 184 Å². The molecule has 0 radical (unpaired) electrons. The van der Waals surface area contributed by atoms with E-state index in [0.717, 1.165) is 11.1 Å². The number of phenolic OH excluding ortho intramolecular Hbond substituents is 3. The van der Waals surface area contributed by atoms with Crippen LogP contribution < -0.4 is 5.32 Å². The normalized spacial score (nSPS) is 11.8. The van der Waals surface area contributed by atoms with E-state index in [-0.39, 0.29) is 30.1 Å². The zero-order chi connectivity index (χ0) is 24.4. The van der Waals surface area contributed by atoms with Gasteiger partial charge >= 0.3 is 15.2 Å². The molecule has 0 spiro atoms. The van der Waals surface area contributed by atoms with Gasteiger partial charge in [0.1, 0.15) is 12.0 Å². The van der Waals surface area contributed by atoms with Crippen LogP contribution in [0.3, 0.4) is 0 Å². The third-order valence-electron chi connectivity index (χ3n) is 3.89. The van der Waals surface area contributed by atoms with E-state index in [4.69, 9.17) is 29.8 Å². The first-order chi connectivity index (χ1) is 14.7. The summed E-state index contributed by atoms with van der Waals surface area (Å²) in [4.78, 5) is 34.3. The molecule has 0 unspecified atom stereocenters. The first-order valence-electron chi connectivity index (χ1n) is 9.27. The molecule has 2 aromatic rings. The SMILES string of the molecule is O=P(O)(O)CN(O)CCc1ccc(O)cc1.O=P(O)(O)CNCCc1ccc(O)c(O)c1. The van der Waals surface area contributed by atoms with Crippen molar-refractivity contribution in [2.45, 2.75) is 12.8 Å². The molecule has 9 N–H and O–H groups in total. The molecule has 0 amide bonds. The van der Waals surface area contributed by atoms with E-state index in [0.29, 0.717) is 24.4 Å². The van der Waals surface area contributed by atoms with Crippen LogP contribution in [0.1, 0.15) is 11.1 Å². The molecule has 0 aliphatic heterocycles. The summed E-state index contributed by atoms with van der Waals surface area (Å²) < 4.78 is 21.1. The molecule has 180 valence electrons. The van der Waals surface area contributed by atoms with E-state index in [9.17, 15) is 19.4 Å². The number of phenols is 3. The Bertz CT molecular complexity index is 930. The van der Waals surface area contributed by atoms with Crippen LogP contribution in [0.2, 0.25) is 0 Å². The molecular weight excluding hydrogens is 466 g/mol. The molecule has 2 rings (SSSR count). The van der Waals surface area contributed by atoms with Gasteiger partial charge in [-0.1, -0.05) is 18.2 Å². The highest BCUT2D eigenvalue weighted by molar-refractivity contribution is 7.51. The van der Waals surface area contributed by atoms with Gasteiger partial charge in [-0.3, -0.25) is 9.13 Å². The summed E-state index contributed by atoms with van der Waals surface area (Å²) in [5.41, 5.74) is 1.64. The average Bonchev–Trinajstić information content (AvgIpc) is 2.66. The molecule has 32 heavy (non-hydrogen) atoms. The zero-order valence-corrected chi connectivity index (χ0v) is 18.8. The van der Waals surface area contributed by atoms with Crippen LogP contribution in [0.5, 0.6) is 17.2 Å². The van der Waals surface area contributed by atoms with Gasteiger partial charge in [0.05, 0.1) is 6.29 Å². The van der Waals surface area contributed by atoms with E-state index in [1.165, 1.54) is 24.3 Å². The van der Waals surface area contributed by atoms with Gasteiger partial charge in [-0.15, -0.1) is 0 Å². The summed E-state index contributed by atoms with van der Waals surface area (Å²) >= 11 is 0. The van der Waals surface area contributed by atoms with Crippen LogP contribution in [-0.2, 0) is 22.0 Å². The second-order valence-corrected chi connectivity index (χ2v) is 10.1. The third kappa shape index (κ3) is 13.4. The Kier molecular flexibility index (Phi) is 11.3. The lowest BCUT2D eigenvalue weighted by atomic mass is 10.1. The number of hydrogen-bond donors (Lipinski definition) is 9. The van der Waals surface area contributed by atoms with Crippen LogP contribution in [0.4, 0.5) is 0 Å². The Morgan fingerprint density at radius 1 is 0.781 bits per heavy atom. The van der Waals surface area contributed by atoms with Crippen molar-refractivity contribution >= 4 is 15.2 Å². The molecule has 12 nitrogen and oxygen atoms in total. The van der Waals surface area contributed by atoms with Crippen molar-refractivity contribution in [3.8, 4) is 17.2 Å². The molecule has 0 atom stereocenters. The molecule has 0 heterocycles. The molecule has 0 aliphatic rings. The molecule has 2 aromatic carbocycles. The molecule has 0 bridgehead atoms. The molecule has 0 aromatic heterocycles.